The van der Waals surface area contributed by atoms with E-state index in [1.54, 1.807) is 29.2 Å². The van der Waals surface area contributed by atoms with Crippen molar-refractivity contribution >= 4 is 27.7 Å². The van der Waals surface area contributed by atoms with Crippen molar-refractivity contribution in [3.05, 3.63) is 29.8 Å². The van der Waals surface area contributed by atoms with E-state index in [-0.39, 0.29) is 17.8 Å². The summed E-state index contributed by atoms with van der Waals surface area (Å²) in [5.74, 6) is -0.0235. The van der Waals surface area contributed by atoms with Gasteiger partial charge >= 0.3 is 6.09 Å². The van der Waals surface area contributed by atoms with Gasteiger partial charge in [-0.1, -0.05) is 0 Å². The number of benzene rings is 1. The maximum atomic E-state index is 12.4. The maximum absolute atomic E-state index is 12.4. The Balaban J connectivity index is 1.40. The molecule has 0 spiro atoms. The second-order valence-corrected chi connectivity index (χ2v) is 10.9. The summed E-state index contributed by atoms with van der Waals surface area (Å²) in [6, 6.07) is 6.65. The van der Waals surface area contributed by atoms with Crippen LogP contribution in [-0.2, 0) is 14.8 Å². The highest BCUT2D eigenvalue weighted by Crippen LogP contribution is 2.24. The molecule has 1 aromatic carbocycles. The van der Waals surface area contributed by atoms with E-state index in [0.29, 0.717) is 50.4 Å². The van der Waals surface area contributed by atoms with Crippen LogP contribution in [0.5, 0.6) is 0 Å². The molecule has 0 aromatic heterocycles. The Labute approximate surface area is 184 Å². The molecule has 3 rings (SSSR count). The lowest BCUT2D eigenvalue weighted by Crippen LogP contribution is -2.51. The molecule has 0 bridgehead atoms. The van der Waals surface area contributed by atoms with E-state index in [4.69, 9.17) is 4.74 Å². The third kappa shape index (κ3) is 6.33. The van der Waals surface area contributed by atoms with Gasteiger partial charge in [0.15, 0.2) is 0 Å². The number of nitrogens with one attached hydrogen (secondary N) is 1. The number of anilines is 1. The van der Waals surface area contributed by atoms with Crippen LogP contribution in [0.2, 0.25) is 0 Å². The van der Waals surface area contributed by atoms with Gasteiger partial charge in [-0.05, 0) is 51.5 Å². The Morgan fingerprint density at radius 2 is 1.68 bits per heavy atom. The normalized spacial score (nSPS) is 19.3. The SMILES string of the molecule is CC(C)(C)OC(=O)N1CCN(CCNC(=O)c2ccc(N3CCCS3(=O)=O)cc2)CC1. The number of carbonyl (C=O) groups excluding carboxylic acids is 2. The fourth-order valence-corrected chi connectivity index (χ4v) is 5.18. The van der Waals surface area contributed by atoms with Crippen molar-refractivity contribution in [3.8, 4) is 0 Å². The predicted octanol–water partition coefficient (Wildman–Crippen LogP) is 1.51. The minimum atomic E-state index is -3.22. The molecule has 0 atom stereocenters. The van der Waals surface area contributed by atoms with Gasteiger partial charge in [0.05, 0.1) is 11.4 Å². The summed E-state index contributed by atoms with van der Waals surface area (Å²) >= 11 is 0. The fraction of sp³-hybridized carbons (Fsp3) is 0.619. The molecule has 0 aliphatic carbocycles. The fourth-order valence-electron chi connectivity index (χ4n) is 3.62. The molecular formula is C21H32N4O5S. The number of amides is 2. The lowest BCUT2D eigenvalue weighted by molar-refractivity contribution is 0.0147. The van der Waals surface area contributed by atoms with E-state index in [9.17, 15) is 18.0 Å². The maximum Gasteiger partial charge on any atom is 0.410 e. The average molecular weight is 453 g/mol. The molecule has 2 aliphatic rings. The largest absolute Gasteiger partial charge is 0.444 e. The first kappa shape index (κ1) is 23.3. The Kier molecular flexibility index (Phi) is 7.10. The van der Waals surface area contributed by atoms with Crippen LogP contribution in [0.4, 0.5) is 10.5 Å². The molecule has 1 aromatic rings. The third-order valence-corrected chi connectivity index (χ3v) is 7.12. The molecule has 0 unspecified atom stereocenters. The highest BCUT2D eigenvalue weighted by atomic mass is 32.2. The van der Waals surface area contributed by atoms with Crippen molar-refractivity contribution in [1.82, 2.24) is 15.1 Å². The van der Waals surface area contributed by atoms with E-state index in [1.807, 2.05) is 20.8 Å². The third-order valence-electron chi connectivity index (χ3n) is 5.25. The Morgan fingerprint density at radius 1 is 1.03 bits per heavy atom. The quantitative estimate of drug-likeness (QED) is 0.727. The molecule has 10 heteroatoms. The van der Waals surface area contributed by atoms with Crippen molar-refractivity contribution in [1.29, 1.82) is 0 Å². The second kappa shape index (κ2) is 9.44. The van der Waals surface area contributed by atoms with Crippen molar-refractivity contribution < 1.29 is 22.7 Å². The van der Waals surface area contributed by atoms with Gasteiger partial charge in [-0.15, -0.1) is 0 Å². The van der Waals surface area contributed by atoms with Crippen LogP contribution >= 0.6 is 0 Å². The van der Waals surface area contributed by atoms with Gasteiger partial charge in [0, 0.05) is 51.4 Å². The Morgan fingerprint density at radius 3 is 2.23 bits per heavy atom. The number of rotatable bonds is 5. The van der Waals surface area contributed by atoms with Gasteiger partial charge in [0.2, 0.25) is 10.0 Å². The van der Waals surface area contributed by atoms with Crippen molar-refractivity contribution in [2.75, 3.05) is 55.9 Å². The van der Waals surface area contributed by atoms with Gasteiger partial charge in [-0.2, -0.15) is 0 Å². The van der Waals surface area contributed by atoms with E-state index in [2.05, 4.69) is 10.2 Å². The van der Waals surface area contributed by atoms with Crippen molar-refractivity contribution in [3.63, 3.8) is 0 Å². The molecule has 2 amide bonds. The Hall–Kier alpha value is -2.33. The number of piperazine rings is 1. The number of hydrogen-bond acceptors (Lipinski definition) is 6. The molecule has 9 nitrogen and oxygen atoms in total. The van der Waals surface area contributed by atoms with Crippen LogP contribution in [0.1, 0.15) is 37.6 Å². The van der Waals surface area contributed by atoms with Crippen molar-refractivity contribution in [2.24, 2.45) is 0 Å². The predicted molar refractivity (Wildman–Crippen MR) is 119 cm³/mol. The summed E-state index contributed by atoms with van der Waals surface area (Å²) in [4.78, 5) is 28.4. The van der Waals surface area contributed by atoms with Gasteiger partial charge in [-0.25, -0.2) is 13.2 Å². The first-order valence-electron chi connectivity index (χ1n) is 10.6. The van der Waals surface area contributed by atoms with Crippen LogP contribution in [0, 0.1) is 0 Å². The number of ether oxygens (including phenoxy) is 1. The summed E-state index contributed by atoms with van der Waals surface area (Å²) in [5, 5.41) is 2.90. The average Bonchev–Trinajstić information content (AvgIpc) is 3.06. The molecule has 31 heavy (non-hydrogen) atoms. The van der Waals surface area contributed by atoms with Gasteiger partial charge < -0.3 is 15.0 Å². The smallest absolute Gasteiger partial charge is 0.410 e. The molecule has 0 saturated carbocycles. The van der Waals surface area contributed by atoms with E-state index < -0.39 is 15.6 Å². The molecule has 0 radical (unpaired) electrons. The highest BCUT2D eigenvalue weighted by molar-refractivity contribution is 7.93. The summed E-state index contributed by atoms with van der Waals surface area (Å²) in [6.45, 7) is 9.89. The summed E-state index contributed by atoms with van der Waals surface area (Å²) in [7, 11) is -3.22. The van der Waals surface area contributed by atoms with Gasteiger partial charge in [0.25, 0.3) is 5.91 Å². The lowest BCUT2D eigenvalue weighted by atomic mass is 10.2. The first-order chi connectivity index (χ1) is 14.5. The van der Waals surface area contributed by atoms with Crippen LogP contribution in [0.3, 0.4) is 0 Å². The zero-order chi connectivity index (χ0) is 22.6. The summed E-state index contributed by atoms with van der Waals surface area (Å²) < 4.78 is 30.8. The molecule has 2 aliphatic heterocycles. The van der Waals surface area contributed by atoms with E-state index in [0.717, 1.165) is 13.1 Å². The van der Waals surface area contributed by atoms with Crippen LogP contribution in [-0.4, -0.2) is 87.4 Å². The van der Waals surface area contributed by atoms with Crippen LogP contribution in [0.25, 0.3) is 0 Å². The molecular weight excluding hydrogens is 420 g/mol. The minimum absolute atomic E-state index is 0.168. The van der Waals surface area contributed by atoms with Crippen LogP contribution in [0.15, 0.2) is 24.3 Å². The number of sulfonamides is 1. The summed E-state index contributed by atoms with van der Waals surface area (Å²) in [5.41, 5.74) is 0.589. The zero-order valence-corrected chi connectivity index (χ0v) is 19.3. The first-order valence-corrected chi connectivity index (χ1v) is 12.2. The number of carbonyl (C=O) groups is 2. The monoisotopic (exact) mass is 452 g/mol. The second-order valence-electron chi connectivity index (χ2n) is 8.85. The zero-order valence-electron chi connectivity index (χ0n) is 18.5. The highest BCUT2D eigenvalue weighted by Gasteiger charge is 2.28. The van der Waals surface area contributed by atoms with Gasteiger partial charge in [-0.3, -0.25) is 14.0 Å². The van der Waals surface area contributed by atoms with Crippen LogP contribution < -0.4 is 9.62 Å². The molecule has 2 heterocycles. The molecule has 2 saturated heterocycles. The topological polar surface area (TPSA) is 99.3 Å². The molecule has 172 valence electrons. The van der Waals surface area contributed by atoms with E-state index in [1.165, 1.54) is 4.31 Å². The number of hydrogen-bond donors (Lipinski definition) is 1. The molecule has 2 fully saturated rings. The lowest BCUT2D eigenvalue weighted by Gasteiger charge is -2.35. The summed E-state index contributed by atoms with van der Waals surface area (Å²) in [6.07, 6.45) is 0.335. The molecule has 1 N–H and O–H groups in total. The standard InChI is InChI=1S/C21H32N4O5S/c1-21(2,3)30-20(27)24-14-12-23(13-15-24)11-9-22-19(26)17-5-7-18(8-6-17)25-10-4-16-31(25,28)29/h5-8H,4,9-16H2,1-3H3,(H,22,26). The van der Waals surface area contributed by atoms with E-state index >= 15 is 0 Å². The number of nitrogens with zero attached hydrogens (tertiary/aromatic N) is 3. The Bertz CT molecular complexity index is 887. The van der Waals surface area contributed by atoms with Crippen molar-refractivity contribution in [2.45, 2.75) is 32.8 Å². The minimum Gasteiger partial charge on any atom is -0.444 e. The van der Waals surface area contributed by atoms with Gasteiger partial charge in [0.1, 0.15) is 5.60 Å².